The fraction of sp³-hybridized carbons (Fsp3) is 0.571. The molecule has 0 aromatic carbocycles. The quantitative estimate of drug-likeness (QED) is 0.280. The molecule has 7 heteroatoms. The fourth-order valence-electron chi connectivity index (χ4n) is 0.499. The zero-order valence-electron chi connectivity index (χ0n) is 7.76. The van der Waals surface area contributed by atoms with Crippen LogP contribution in [0.4, 0.5) is 0 Å². The number of carbonyl (C=O) groups excluding carboxylic acids is 1. The van der Waals surface area contributed by atoms with E-state index in [9.17, 15) is 19.4 Å². The molecule has 6 nitrogen and oxygen atoms in total. The molecule has 2 N–H and O–H groups in total. The summed E-state index contributed by atoms with van der Waals surface area (Å²) in [5.41, 5.74) is -2.98. The van der Waals surface area contributed by atoms with Crippen LogP contribution in [0.5, 0.6) is 0 Å². The summed E-state index contributed by atoms with van der Waals surface area (Å²) in [6.07, 6.45) is -1.74. The Morgan fingerprint density at radius 1 is 1.71 bits per heavy atom. The summed E-state index contributed by atoms with van der Waals surface area (Å²) in [5.74, 6) is -1.09. The van der Waals surface area contributed by atoms with Crippen LogP contribution in [-0.4, -0.2) is 27.8 Å². The molecule has 3 unspecified atom stereocenters. The maximum atomic E-state index is 10.9. The molecule has 3 atom stereocenters. The molecule has 0 radical (unpaired) electrons. The van der Waals surface area contributed by atoms with Crippen molar-refractivity contribution >= 4 is 14.0 Å². The van der Waals surface area contributed by atoms with Gasteiger partial charge < -0.3 is 19.8 Å². The Morgan fingerprint density at radius 3 is 2.36 bits per heavy atom. The van der Waals surface area contributed by atoms with Gasteiger partial charge in [-0.25, -0.2) is 4.79 Å². The summed E-state index contributed by atoms with van der Waals surface area (Å²) >= 11 is 0. The van der Waals surface area contributed by atoms with Crippen molar-refractivity contribution in [3.05, 3.63) is 12.2 Å². The maximum absolute atomic E-state index is 10.9. The van der Waals surface area contributed by atoms with Crippen LogP contribution in [-0.2, 0) is 14.1 Å². The number of aliphatic hydroxyl groups excluding tert-OH is 1. The smallest absolute Gasteiger partial charge is 0.438 e. The van der Waals surface area contributed by atoms with Gasteiger partial charge in [0.05, 0.1) is 0 Å². The van der Waals surface area contributed by atoms with Gasteiger partial charge in [-0.3, -0.25) is 0 Å². The molecule has 0 fully saturated rings. The molecule has 0 amide bonds. The summed E-state index contributed by atoms with van der Waals surface area (Å²) in [7, 11) is -3.52. The summed E-state index contributed by atoms with van der Waals surface area (Å²) in [6, 6.07) is 0. The number of rotatable bonds is 4. The van der Waals surface area contributed by atoms with E-state index in [1.54, 1.807) is 0 Å². The van der Waals surface area contributed by atoms with Crippen LogP contribution in [0.3, 0.4) is 0 Å². The highest BCUT2D eigenvalue weighted by Crippen LogP contribution is 2.34. The minimum absolute atomic E-state index is 0.0825. The van der Waals surface area contributed by atoms with Gasteiger partial charge in [-0.1, -0.05) is 11.1 Å². The van der Waals surface area contributed by atoms with Gasteiger partial charge in [-0.2, -0.15) is 0 Å². The molecule has 0 spiro atoms. The lowest BCUT2D eigenvalue weighted by atomic mass is 10.3. The summed E-state index contributed by atoms with van der Waals surface area (Å²) < 4.78 is 14.7. The molecular weight excluding hydrogens is 211 g/mol. The van der Waals surface area contributed by atoms with Gasteiger partial charge in [0.1, 0.15) is 0 Å². The minimum Gasteiger partial charge on any atom is -0.590 e. The third-order valence-corrected chi connectivity index (χ3v) is 2.39. The normalized spacial score (nSPS) is 17.9. The number of hydrogen-bond donors (Lipinski definition) is 2. The molecule has 0 heterocycles. The lowest BCUT2D eigenvalue weighted by Gasteiger charge is -2.21. The van der Waals surface area contributed by atoms with Crippen LogP contribution < -0.4 is 4.89 Å². The second-order valence-corrected chi connectivity index (χ2v) is 3.92. The van der Waals surface area contributed by atoms with Gasteiger partial charge >= 0.3 is 19.5 Å². The first-order valence-electron chi connectivity index (χ1n) is 3.65. The van der Waals surface area contributed by atoms with Gasteiger partial charge in [-0.15, -0.1) is 0 Å². The molecule has 0 rings (SSSR count). The number of carbonyl (C=O) groups is 1. The number of esters is 1. The van der Waals surface area contributed by atoms with Crippen molar-refractivity contribution in [2.45, 2.75) is 25.5 Å². The van der Waals surface area contributed by atoms with Gasteiger partial charge in [0.25, 0.3) is 0 Å². The Kier molecular flexibility index (Phi) is 4.35. The molecule has 0 aromatic heterocycles. The molecule has 0 aromatic rings. The van der Waals surface area contributed by atoms with E-state index in [4.69, 9.17) is 5.11 Å². The van der Waals surface area contributed by atoms with Crippen LogP contribution in [0.15, 0.2) is 12.2 Å². The van der Waals surface area contributed by atoms with Crippen molar-refractivity contribution in [1.82, 2.24) is 0 Å². The third kappa shape index (κ3) is 2.85. The lowest BCUT2D eigenvalue weighted by molar-refractivity contribution is -0.240. The predicted molar refractivity (Wildman–Crippen MR) is 45.1 cm³/mol. The van der Waals surface area contributed by atoms with Gasteiger partial charge in [0.15, 0.2) is 6.10 Å². The Morgan fingerprint density at radius 2 is 2.14 bits per heavy atom. The zero-order chi connectivity index (χ0) is 11.5. The molecule has 0 bridgehead atoms. The molecule has 0 aliphatic heterocycles. The van der Waals surface area contributed by atoms with E-state index in [0.717, 1.165) is 6.92 Å². The van der Waals surface area contributed by atoms with E-state index in [-0.39, 0.29) is 5.57 Å². The number of hydrogen-bond acceptors (Lipinski definition) is 6. The highest BCUT2D eigenvalue weighted by Gasteiger charge is 2.51. The van der Waals surface area contributed by atoms with Gasteiger partial charge in [-0.05, 0) is 13.8 Å². The topological polar surface area (TPSA) is 107 Å². The SMILES string of the molecule is C=C(C)C(=O)OC(O)(C(C)O)[P+](=O)[O-]. The van der Waals surface area contributed by atoms with Crippen molar-refractivity contribution in [1.29, 1.82) is 0 Å². The second-order valence-electron chi connectivity index (χ2n) is 2.76. The maximum Gasteiger partial charge on any atom is 0.438 e. The summed E-state index contributed by atoms with van der Waals surface area (Å²) in [5, 5.41) is 18.2. The van der Waals surface area contributed by atoms with Crippen molar-refractivity contribution in [2.24, 2.45) is 0 Å². The van der Waals surface area contributed by atoms with E-state index >= 15 is 0 Å². The van der Waals surface area contributed by atoms with E-state index in [1.165, 1.54) is 6.92 Å². The molecule has 0 saturated heterocycles. The van der Waals surface area contributed by atoms with Crippen LogP contribution in [0.1, 0.15) is 13.8 Å². The molecule has 14 heavy (non-hydrogen) atoms. The molecule has 0 aliphatic rings. The minimum atomic E-state index is -3.52. The van der Waals surface area contributed by atoms with E-state index in [1.807, 2.05) is 0 Å². The highest BCUT2D eigenvalue weighted by molar-refractivity contribution is 7.38. The van der Waals surface area contributed by atoms with Crippen LogP contribution in [0.25, 0.3) is 0 Å². The number of aliphatic hydroxyl groups is 2. The lowest BCUT2D eigenvalue weighted by Crippen LogP contribution is -2.43. The Hall–Kier alpha value is -0.810. The van der Waals surface area contributed by atoms with Gasteiger partial charge in [0, 0.05) is 5.57 Å². The van der Waals surface area contributed by atoms with Crippen molar-refractivity contribution in [3.63, 3.8) is 0 Å². The summed E-state index contributed by atoms with van der Waals surface area (Å²) in [6.45, 7) is 5.46. The van der Waals surface area contributed by atoms with E-state index in [0.29, 0.717) is 0 Å². The third-order valence-electron chi connectivity index (χ3n) is 1.40. The fourth-order valence-corrected chi connectivity index (χ4v) is 0.961. The van der Waals surface area contributed by atoms with Crippen molar-refractivity contribution in [3.8, 4) is 0 Å². The summed E-state index contributed by atoms with van der Waals surface area (Å²) in [4.78, 5) is 21.4. The Labute approximate surface area is 81.7 Å². The second kappa shape index (κ2) is 4.61. The standard InChI is InChI=1S/C7H11O6P/c1-4(2)6(9)13-7(10,5(3)8)14(11)12/h5,8,10H,1H2,2-3H3. The highest BCUT2D eigenvalue weighted by atomic mass is 31.1. The first kappa shape index (κ1) is 13.2. The average Bonchev–Trinajstić information content (AvgIpc) is 2.02. The first-order valence-corrected chi connectivity index (χ1v) is 4.83. The van der Waals surface area contributed by atoms with Crippen LogP contribution in [0, 0.1) is 0 Å². The first-order chi connectivity index (χ1) is 6.21. The molecule has 0 aliphatic carbocycles. The Bertz CT molecular complexity index is 273. The van der Waals surface area contributed by atoms with Crippen molar-refractivity contribution < 1.29 is 29.2 Å². The largest absolute Gasteiger partial charge is 0.590 e. The Balaban J connectivity index is 4.80. The average molecular weight is 222 g/mol. The van der Waals surface area contributed by atoms with Crippen molar-refractivity contribution in [2.75, 3.05) is 0 Å². The van der Waals surface area contributed by atoms with Crippen LogP contribution in [0.2, 0.25) is 0 Å². The predicted octanol–water partition coefficient (Wildman–Crippen LogP) is -0.765. The van der Waals surface area contributed by atoms with E-state index < -0.39 is 25.6 Å². The monoisotopic (exact) mass is 222 g/mol. The van der Waals surface area contributed by atoms with Crippen LogP contribution >= 0.6 is 8.03 Å². The molecular formula is C7H11O6P. The zero-order valence-corrected chi connectivity index (χ0v) is 8.65. The van der Waals surface area contributed by atoms with Gasteiger partial charge in [0.2, 0.25) is 0 Å². The molecule has 80 valence electrons. The molecule has 0 saturated carbocycles. The number of ether oxygens (including phenoxy) is 1. The van der Waals surface area contributed by atoms with E-state index in [2.05, 4.69) is 11.3 Å².